The van der Waals surface area contributed by atoms with Crippen LogP contribution in [0.5, 0.6) is 0 Å². The molecule has 1 aromatic heterocycles. The van der Waals surface area contributed by atoms with E-state index in [1.165, 1.54) is 6.39 Å². The molecule has 0 saturated heterocycles. The van der Waals surface area contributed by atoms with Gasteiger partial charge in [-0.15, -0.1) is 0 Å². The zero-order valence-corrected chi connectivity index (χ0v) is 11.6. The Kier molecular flexibility index (Phi) is 5.07. The molecule has 0 unspecified atom stereocenters. The summed E-state index contributed by atoms with van der Waals surface area (Å²) < 4.78 is 4.62. The number of aromatic nitrogens is 2. The molecule has 0 aliphatic heterocycles. The second-order valence-corrected chi connectivity index (χ2v) is 4.40. The lowest BCUT2D eigenvalue weighted by molar-refractivity contribution is 0.0953. The van der Waals surface area contributed by atoms with E-state index < -0.39 is 0 Å². The molecule has 6 nitrogen and oxygen atoms in total. The van der Waals surface area contributed by atoms with Crippen molar-refractivity contribution in [2.75, 3.05) is 13.2 Å². The standard InChI is InChI=1S/C15H15N3O3/c1-11-7-12(3-2-6-19)9-13(8-11)15(20)16-5-4-14-17-10-21-18-14/h7-10,19H,4-6H2,1H3,(H,16,20). The fourth-order valence-electron chi connectivity index (χ4n) is 1.82. The minimum absolute atomic E-state index is 0.186. The van der Waals surface area contributed by atoms with Crippen LogP contribution in [-0.4, -0.2) is 34.3 Å². The summed E-state index contributed by atoms with van der Waals surface area (Å²) in [6.45, 7) is 2.10. The van der Waals surface area contributed by atoms with E-state index in [1.807, 2.05) is 13.0 Å². The zero-order valence-electron chi connectivity index (χ0n) is 11.6. The van der Waals surface area contributed by atoms with Crippen LogP contribution in [0.15, 0.2) is 29.1 Å². The van der Waals surface area contributed by atoms with Crippen LogP contribution in [0.3, 0.4) is 0 Å². The number of aryl methyl sites for hydroxylation is 1. The van der Waals surface area contributed by atoms with Gasteiger partial charge in [0.15, 0.2) is 5.82 Å². The highest BCUT2D eigenvalue weighted by Gasteiger charge is 2.07. The molecule has 0 bridgehead atoms. The summed E-state index contributed by atoms with van der Waals surface area (Å²) >= 11 is 0. The first-order valence-corrected chi connectivity index (χ1v) is 6.44. The van der Waals surface area contributed by atoms with Crippen LogP contribution in [0.1, 0.15) is 27.3 Å². The normalized spacial score (nSPS) is 9.81. The first kappa shape index (κ1) is 14.8. The van der Waals surface area contributed by atoms with Gasteiger partial charge in [0.05, 0.1) is 0 Å². The van der Waals surface area contributed by atoms with E-state index in [0.717, 1.165) is 5.56 Å². The summed E-state index contributed by atoms with van der Waals surface area (Å²) in [6, 6.07) is 5.34. The third-order valence-corrected chi connectivity index (χ3v) is 2.69. The van der Waals surface area contributed by atoms with Crippen LogP contribution in [0.4, 0.5) is 0 Å². The van der Waals surface area contributed by atoms with Gasteiger partial charge in [0.1, 0.15) is 6.61 Å². The molecule has 0 atom stereocenters. The second kappa shape index (κ2) is 7.22. The van der Waals surface area contributed by atoms with Crippen molar-refractivity contribution in [2.45, 2.75) is 13.3 Å². The van der Waals surface area contributed by atoms with Gasteiger partial charge < -0.3 is 14.9 Å². The van der Waals surface area contributed by atoms with Crippen molar-refractivity contribution >= 4 is 5.91 Å². The molecule has 0 aliphatic carbocycles. The zero-order chi connectivity index (χ0) is 15.1. The Labute approximate surface area is 122 Å². The molecule has 1 amide bonds. The van der Waals surface area contributed by atoms with E-state index >= 15 is 0 Å². The topological polar surface area (TPSA) is 88.2 Å². The van der Waals surface area contributed by atoms with E-state index in [4.69, 9.17) is 5.11 Å². The van der Waals surface area contributed by atoms with E-state index in [0.29, 0.717) is 29.9 Å². The average molecular weight is 285 g/mol. The number of aliphatic hydroxyl groups is 1. The van der Waals surface area contributed by atoms with Crippen molar-refractivity contribution in [3.05, 3.63) is 47.1 Å². The van der Waals surface area contributed by atoms with Crippen LogP contribution in [-0.2, 0) is 6.42 Å². The lowest BCUT2D eigenvalue weighted by atomic mass is 10.1. The predicted molar refractivity (Wildman–Crippen MR) is 75.5 cm³/mol. The van der Waals surface area contributed by atoms with Crippen molar-refractivity contribution in [3.8, 4) is 11.8 Å². The molecule has 108 valence electrons. The smallest absolute Gasteiger partial charge is 0.251 e. The number of amides is 1. The number of benzene rings is 1. The summed E-state index contributed by atoms with van der Waals surface area (Å²) in [6.07, 6.45) is 1.76. The molecule has 2 N–H and O–H groups in total. The molecule has 0 fully saturated rings. The van der Waals surface area contributed by atoms with Gasteiger partial charge in [-0.2, -0.15) is 4.98 Å². The third kappa shape index (κ3) is 4.44. The number of carbonyl (C=O) groups is 1. The lowest BCUT2D eigenvalue weighted by Gasteiger charge is -2.05. The average Bonchev–Trinajstić information content (AvgIpc) is 2.97. The van der Waals surface area contributed by atoms with Gasteiger partial charge in [-0.05, 0) is 30.7 Å². The van der Waals surface area contributed by atoms with Gasteiger partial charge >= 0.3 is 0 Å². The van der Waals surface area contributed by atoms with Gasteiger partial charge in [-0.3, -0.25) is 4.79 Å². The van der Waals surface area contributed by atoms with Crippen molar-refractivity contribution in [1.29, 1.82) is 0 Å². The Morgan fingerprint density at radius 2 is 2.29 bits per heavy atom. The maximum atomic E-state index is 12.1. The first-order valence-electron chi connectivity index (χ1n) is 6.44. The number of nitrogens with zero attached hydrogens (tertiary/aromatic N) is 2. The Hall–Kier alpha value is -2.65. The highest BCUT2D eigenvalue weighted by Crippen LogP contribution is 2.09. The SMILES string of the molecule is Cc1cc(C#CCO)cc(C(=O)NCCc2ncon2)c1. The van der Waals surface area contributed by atoms with Gasteiger partial charge in [0.25, 0.3) is 5.91 Å². The van der Waals surface area contributed by atoms with E-state index in [9.17, 15) is 4.79 Å². The molecule has 1 heterocycles. The Morgan fingerprint density at radius 1 is 1.43 bits per heavy atom. The van der Waals surface area contributed by atoms with Crippen molar-refractivity contribution in [2.24, 2.45) is 0 Å². The monoisotopic (exact) mass is 285 g/mol. The number of nitrogens with one attached hydrogen (secondary N) is 1. The van der Waals surface area contributed by atoms with Crippen LogP contribution in [0, 0.1) is 18.8 Å². The largest absolute Gasteiger partial charge is 0.384 e. The number of rotatable bonds is 4. The Balaban J connectivity index is 1.99. The van der Waals surface area contributed by atoms with Crippen molar-refractivity contribution < 1.29 is 14.4 Å². The predicted octanol–water partition coefficient (Wildman–Crippen LogP) is 0.694. The summed E-state index contributed by atoms with van der Waals surface area (Å²) in [5, 5.41) is 15.2. The van der Waals surface area contributed by atoms with Crippen LogP contribution < -0.4 is 5.32 Å². The molecule has 1 aromatic carbocycles. The minimum Gasteiger partial charge on any atom is -0.384 e. The fourth-order valence-corrected chi connectivity index (χ4v) is 1.82. The number of hydrogen-bond donors (Lipinski definition) is 2. The summed E-state index contributed by atoms with van der Waals surface area (Å²) in [4.78, 5) is 16.0. The fraction of sp³-hybridized carbons (Fsp3) is 0.267. The van der Waals surface area contributed by atoms with Crippen LogP contribution in [0.25, 0.3) is 0 Å². The van der Waals surface area contributed by atoms with Gasteiger partial charge in [0.2, 0.25) is 6.39 Å². The Morgan fingerprint density at radius 3 is 3.00 bits per heavy atom. The first-order chi connectivity index (χ1) is 10.2. The highest BCUT2D eigenvalue weighted by atomic mass is 16.5. The highest BCUT2D eigenvalue weighted by molar-refractivity contribution is 5.94. The van der Waals surface area contributed by atoms with Gasteiger partial charge in [-0.25, -0.2) is 0 Å². The van der Waals surface area contributed by atoms with Crippen molar-refractivity contribution in [3.63, 3.8) is 0 Å². The maximum Gasteiger partial charge on any atom is 0.251 e. The summed E-state index contributed by atoms with van der Waals surface area (Å²) in [5.41, 5.74) is 2.17. The molecule has 0 radical (unpaired) electrons. The van der Waals surface area contributed by atoms with E-state index in [-0.39, 0.29) is 12.5 Å². The summed E-state index contributed by atoms with van der Waals surface area (Å²) in [5.74, 6) is 5.73. The van der Waals surface area contributed by atoms with E-state index in [1.54, 1.807) is 12.1 Å². The lowest BCUT2D eigenvalue weighted by Crippen LogP contribution is -2.26. The maximum absolute atomic E-state index is 12.1. The van der Waals surface area contributed by atoms with Gasteiger partial charge in [-0.1, -0.05) is 17.0 Å². The molecule has 21 heavy (non-hydrogen) atoms. The molecular weight excluding hydrogens is 270 g/mol. The third-order valence-electron chi connectivity index (χ3n) is 2.69. The molecule has 6 heteroatoms. The van der Waals surface area contributed by atoms with Crippen LogP contribution >= 0.6 is 0 Å². The Bertz CT molecular complexity index is 669. The minimum atomic E-state index is -0.208. The number of carbonyl (C=O) groups excluding carboxylic acids is 1. The van der Waals surface area contributed by atoms with Gasteiger partial charge in [0, 0.05) is 24.1 Å². The quantitative estimate of drug-likeness (QED) is 0.807. The second-order valence-electron chi connectivity index (χ2n) is 4.40. The van der Waals surface area contributed by atoms with Crippen molar-refractivity contribution in [1.82, 2.24) is 15.5 Å². The number of hydrogen-bond acceptors (Lipinski definition) is 5. The molecule has 2 rings (SSSR count). The molecule has 0 saturated carbocycles. The summed E-state index contributed by atoms with van der Waals surface area (Å²) in [7, 11) is 0. The van der Waals surface area contributed by atoms with E-state index in [2.05, 4.69) is 31.8 Å². The molecule has 0 aliphatic rings. The molecule has 0 spiro atoms. The molecular formula is C15H15N3O3. The molecule has 2 aromatic rings. The number of aliphatic hydroxyl groups excluding tert-OH is 1. The van der Waals surface area contributed by atoms with Crippen LogP contribution in [0.2, 0.25) is 0 Å².